The molecule has 5 heteroatoms. The number of hydrogen-bond acceptors (Lipinski definition) is 3. The molecule has 2 heterocycles. The van der Waals surface area contributed by atoms with E-state index in [-0.39, 0.29) is 0 Å². The van der Waals surface area contributed by atoms with Gasteiger partial charge in [0.25, 0.3) is 0 Å². The van der Waals surface area contributed by atoms with Gasteiger partial charge in [0.05, 0.1) is 0 Å². The van der Waals surface area contributed by atoms with Crippen LogP contribution in [0.25, 0.3) is 10.9 Å². The van der Waals surface area contributed by atoms with E-state index in [0.717, 1.165) is 34.8 Å². The average molecular weight is 247 g/mol. The zero-order valence-corrected chi connectivity index (χ0v) is 10.2. The average Bonchev–Trinajstić information content (AvgIpc) is 2.99. The minimum Gasteiger partial charge on any atom is -0.364 e. The van der Waals surface area contributed by atoms with E-state index in [0.29, 0.717) is 0 Å². The Balaban J connectivity index is 1.77. The molecule has 4 nitrogen and oxygen atoms in total. The van der Waals surface area contributed by atoms with Gasteiger partial charge in [0.15, 0.2) is 5.11 Å². The monoisotopic (exact) mass is 247 g/mol. The standard InChI is InChI=1S/C12H13N3OS/c17-12(15-5-1-2-6-15)13-10-4-3-9-8-16-14-11(9)7-10/h3-4,7-8H,1-2,5-6H2,(H,13,17). The van der Waals surface area contributed by atoms with Gasteiger partial charge in [0.1, 0.15) is 11.8 Å². The second-order valence-electron chi connectivity index (χ2n) is 4.21. The number of benzene rings is 1. The van der Waals surface area contributed by atoms with Crippen molar-refractivity contribution in [2.45, 2.75) is 12.8 Å². The van der Waals surface area contributed by atoms with Crippen molar-refractivity contribution in [2.75, 3.05) is 18.4 Å². The molecule has 0 bridgehead atoms. The Labute approximate surface area is 105 Å². The van der Waals surface area contributed by atoms with E-state index in [4.69, 9.17) is 16.7 Å². The van der Waals surface area contributed by atoms with E-state index in [1.807, 2.05) is 18.2 Å². The first-order chi connectivity index (χ1) is 8.33. The first-order valence-electron chi connectivity index (χ1n) is 5.73. The largest absolute Gasteiger partial charge is 0.364 e. The maximum absolute atomic E-state index is 5.37. The van der Waals surface area contributed by atoms with E-state index in [1.165, 1.54) is 12.8 Å². The lowest BCUT2D eigenvalue weighted by Gasteiger charge is -2.19. The van der Waals surface area contributed by atoms with Gasteiger partial charge >= 0.3 is 0 Å². The van der Waals surface area contributed by atoms with Crippen molar-refractivity contribution in [3.8, 4) is 0 Å². The summed E-state index contributed by atoms with van der Waals surface area (Å²) in [5.41, 5.74) is 1.81. The molecule has 0 unspecified atom stereocenters. The van der Waals surface area contributed by atoms with Crippen LogP contribution in [-0.2, 0) is 0 Å². The normalized spacial score (nSPS) is 15.4. The highest BCUT2D eigenvalue weighted by molar-refractivity contribution is 7.80. The van der Waals surface area contributed by atoms with Crippen molar-refractivity contribution in [1.82, 2.24) is 10.1 Å². The zero-order chi connectivity index (χ0) is 11.7. The van der Waals surface area contributed by atoms with Gasteiger partial charge < -0.3 is 14.7 Å². The SMILES string of the molecule is S=C(Nc1ccc2conc2c1)N1CCCC1. The molecule has 3 rings (SSSR count). The number of nitrogens with one attached hydrogen (secondary N) is 1. The summed E-state index contributed by atoms with van der Waals surface area (Å²) >= 11 is 5.37. The third kappa shape index (κ3) is 2.10. The molecule has 0 saturated carbocycles. The van der Waals surface area contributed by atoms with Crippen LogP contribution >= 0.6 is 12.2 Å². The highest BCUT2D eigenvalue weighted by Crippen LogP contribution is 2.18. The molecule has 17 heavy (non-hydrogen) atoms. The van der Waals surface area contributed by atoms with Crippen molar-refractivity contribution in [3.05, 3.63) is 24.5 Å². The van der Waals surface area contributed by atoms with Crippen LogP contribution in [0.2, 0.25) is 0 Å². The summed E-state index contributed by atoms with van der Waals surface area (Å²) in [5, 5.41) is 8.95. The second kappa shape index (κ2) is 4.33. The molecule has 1 fully saturated rings. The smallest absolute Gasteiger partial charge is 0.173 e. The molecule has 88 valence electrons. The zero-order valence-electron chi connectivity index (χ0n) is 9.35. The van der Waals surface area contributed by atoms with Crippen LogP contribution in [0, 0.1) is 0 Å². The summed E-state index contributed by atoms with van der Waals surface area (Å²) in [6.07, 6.45) is 4.09. The van der Waals surface area contributed by atoms with Crippen molar-refractivity contribution in [3.63, 3.8) is 0 Å². The molecule has 1 N–H and O–H groups in total. The van der Waals surface area contributed by atoms with Gasteiger partial charge in [0, 0.05) is 24.2 Å². The Hall–Kier alpha value is -1.62. The number of fused-ring (bicyclic) bond motifs is 1. The van der Waals surface area contributed by atoms with E-state index >= 15 is 0 Å². The van der Waals surface area contributed by atoms with Gasteiger partial charge in [-0.1, -0.05) is 5.16 Å². The number of rotatable bonds is 1. The third-order valence-corrected chi connectivity index (χ3v) is 3.37. The fourth-order valence-electron chi connectivity index (χ4n) is 2.06. The highest BCUT2D eigenvalue weighted by atomic mass is 32.1. The van der Waals surface area contributed by atoms with Gasteiger partial charge in [-0.3, -0.25) is 0 Å². The molecule has 1 saturated heterocycles. The van der Waals surface area contributed by atoms with E-state index in [1.54, 1.807) is 6.26 Å². The van der Waals surface area contributed by atoms with Gasteiger partial charge in [-0.25, -0.2) is 0 Å². The number of thiocarbonyl (C=S) groups is 1. The van der Waals surface area contributed by atoms with Crippen molar-refractivity contribution in [1.29, 1.82) is 0 Å². The van der Waals surface area contributed by atoms with Crippen LogP contribution in [0.1, 0.15) is 12.8 Å². The molecule has 0 aliphatic carbocycles. The maximum atomic E-state index is 5.37. The number of likely N-dealkylation sites (tertiary alicyclic amines) is 1. The van der Waals surface area contributed by atoms with Gasteiger partial charge in [-0.05, 0) is 43.3 Å². The molecule has 1 aromatic heterocycles. The second-order valence-corrected chi connectivity index (χ2v) is 4.60. The Morgan fingerprint density at radius 2 is 2.18 bits per heavy atom. The van der Waals surface area contributed by atoms with E-state index in [2.05, 4.69) is 15.4 Å². The quantitative estimate of drug-likeness (QED) is 0.784. The molecule has 0 atom stereocenters. The topological polar surface area (TPSA) is 41.3 Å². The Morgan fingerprint density at radius 3 is 3.00 bits per heavy atom. The van der Waals surface area contributed by atoms with Crippen molar-refractivity contribution < 1.29 is 4.52 Å². The summed E-state index contributed by atoms with van der Waals surface area (Å²) in [6.45, 7) is 2.11. The van der Waals surface area contributed by atoms with Crippen molar-refractivity contribution in [2.24, 2.45) is 0 Å². The summed E-state index contributed by atoms with van der Waals surface area (Å²) < 4.78 is 4.90. The lowest BCUT2D eigenvalue weighted by molar-refractivity contribution is 0.428. The first kappa shape index (κ1) is 10.5. The van der Waals surface area contributed by atoms with Crippen LogP contribution in [-0.4, -0.2) is 28.3 Å². The lowest BCUT2D eigenvalue weighted by atomic mass is 10.2. The van der Waals surface area contributed by atoms with Gasteiger partial charge in [0.2, 0.25) is 0 Å². The Morgan fingerprint density at radius 1 is 1.35 bits per heavy atom. The molecule has 1 aliphatic heterocycles. The van der Waals surface area contributed by atoms with Crippen molar-refractivity contribution >= 4 is 33.9 Å². The van der Waals surface area contributed by atoms with Crippen LogP contribution in [0.5, 0.6) is 0 Å². The molecule has 0 spiro atoms. The highest BCUT2D eigenvalue weighted by Gasteiger charge is 2.14. The molecular formula is C12H13N3OS. The number of nitrogens with zero attached hydrogens (tertiary/aromatic N) is 2. The van der Waals surface area contributed by atoms with Crippen LogP contribution in [0.4, 0.5) is 5.69 Å². The van der Waals surface area contributed by atoms with Gasteiger partial charge in [-0.2, -0.15) is 0 Å². The summed E-state index contributed by atoms with van der Waals surface area (Å²) in [5.74, 6) is 0. The van der Waals surface area contributed by atoms with Gasteiger partial charge in [-0.15, -0.1) is 0 Å². The number of anilines is 1. The third-order valence-electron chi connectivity index (χ3n) is 3.01. The first-order valence-corrected chi connectivity index (χ1v) is 6.14. The molecule has 0 amide bonds. The fourth-order valence-corrected chi connectivity index (χ4v) is 2.36. The number of hydrogen-bond donors (Lipinski definition) is 1. The predicted molar refractivity (Wildman–Crippen MR) is 71.0 cm³/mol. The lowest BCUT2D eigenvalue weighted by Crippen LogP contribution is -2.31. The fraction of sp³-hybridized carbons (Fsp3) is 0.333. The van der Waals surface area contributed by atoms with Crippen LogP contribution in [0.15, 0.2) is 29.0 Å². The molecule has 1 aliphatic rings. The minimum absolute atomic E-state index is 0.797. The van der Waals surface area contributed by atoms with E-state index in [9.17, 15) is 0 Å². The minimum atomic E-state index is 0.797. The van der Waals surface area contributed by atoms with Crippen LogP contribution in [0.3, 0.4) is 0 Å². The summed E-state index contributed by atoms with van der Waals surface area (Å²) in [7, 11) is 0. The molecular weight excluding hydrogens is 234 g/mol. The molecule has 1 aromatic carbocycles. The van der Waals surface area contributed by atoms with E-state index < -0.39 is 0 Å². The van der Waals surface area contributed by atoms with Crippen LogP contribution < -0.4 is 5.32 Å². The predicted octanol–water partition coefficient (Wildman–Crippen LogP) is 2.62. The Bertz CT molecular complexity index is 545. The maximum Gasteiger partial charge on any atom is 0.173 e. The molecule has 0 radical (unpaired) electrons. The Kier molecular flexibility index (Phi) is 2.68. The summed E-state index contributed by atoms with van der Waals surface area (Å²) in [4.78, 5) is 2.20. The number of aromatic nitrogens is 1. The summed E-state index contributed by atoms with van der Waals surface area (Å²) in [6, 6.07) is 5.91. The molecule has 2 aromatic rings.